The maximum atomic E-state index is 5.77. The van der Waals surface area contributed by atoms with Crippen molar-refractivity contribution in [2.45, 2.75) is 19.4 Å². The molecule has 2 nitrogen and oxygen atoms in total. The molecule has 0 radical (unpaired) electrons. The van der Waals surface area contributed by atoms with Gasteiger partial charge in [-0.2, -0.15) is 0 Å². The van der Waals surface area contributed by atoms with E-state index in [1.54, 1.807) is 11.3 Å². The first kappa shape index (κ1) is 7.57. The summed E-state index contributed by atoms with van der Waals surface area (Å²) in [6, 6.07) is 2.02. The molecule has 0 fully saturated rings. The summed E-state index contributed by atoms with van der Waals surface area (Å²) in [6.45, 7) is 2.06. The number of rotatable bonds is 2. The average molecular weight is 156 g/mol. The zero-order valence-electron chi connectivity index (χ0n) is 6.00. The van der Waals surface area contributed by atoms with E-state index in [-0.39, 0.29) is 6.04 Å². The number of nitrogen functional groups attached to an aromatic ring is 1. The lowest BCUT2D eigenvalue weighted by Crippen LogP contribution is -2.08. The maximum absolute atomic E-state index is 5.77. The van der Waals surface area contributed by atoms with Crippen molar-refractivity contribution in [1.29, 1.82) is 0 Å². The van der Waals surface area contributed by atoms with Gasteiger partial charge in [-0.05, 0) is 17.9 Å². The van der Waals surface area contributed by atoms with Crippen LogP contribution in [-0.4, -0.2) is 0 Å². The third-order valence-electron chi connectivity index (χ3n) is 1.50. The van der Waals surface area contributed by atoms with E-state index in [9.17, 15) is 0 Å². The molecule has 1 aromatic heterocycles. The van der Waals surface area contributed by atoms with Crippen molar-refractivity contribution in [2.75, 3.05) is 5.73 Å². The van der Waals surface area contributed by atoms with E-state index in [0.29, 0.717) is 0 Å². The SMILES string of the molecule is CC[C@@H](N)c1sccc1N. The fraction of sp³-hybridized carbons (Fsp3) is 0.429. The summed E-state index contributed by atoms with van der Waals surface area (Å²) < 4.78 is 0. The van der Waals surface area contributed by atoms with Crippen LogP contribution in [0.3, 0.4) is 0 Å². The van der Waals surface area contributed by atoms with Crippen LogP contribution in [0.25, 0.3) is 0 Å². The van der Waals surface area contributed by atoms with Gasteiger partial charge < -0.3 is 11.5 Å². The molecule has 0 saturated heterocycles. The van der Waals surface area contributed by atoms with Gasteiger partial charge in [-0.1, -0.05) is 6.92 Å². The standard InChI is InChI=1S/C7H12N2S/c1-2-5(8)7-6(9)3-4-10-7/h3-5H,2,8-9H2,1H3/t5-/m1/s1. The van der Waals surface area contributed by atoms with Crippen molar-refractivity contribution in [3.05, 3.63) is 16.3 Å². The lowest BCUT2D eigenvalue weighted by molar-refractivity contribution is 0.714. The highest BCUT2D eigenvalue weighted by Gasteiger charge is 2.07. The van der Waals surface area contributed by atoms with Crippen LogP contribution < -0.4 is 11.5 Å². The summed E-state index contributed by atoms with van der Waals surface area (Å²) in [6.07, 6.45) is 0.949. The summed E-state index contributed by atoms with van der Waals surface area (Å²) in [5, 5.41) is 1.97. The molecule has 0 aliphatic carbocycles. The van der Waals surface area contributed by atoms with Crippen molar-refractivity contribution in [1.82, 2.24) is 0 Å². The van der Waals surface area contributed by atoms with E-state index >= 15 is 0 Å². The Hall–Kier alpha value is -0.540. The van der Waals surface area contributed by atoms with Gasteiger partial charge in [0.2, 0.25) is 0 Å². The number of hydrogen-bond acceptors (Lipinski definition) is 3. The Kier molecular flexibility index (Phi) is 2.29. The Balaban J connectivity index is 2.82. The first-order valence-electron chi connectivity index (χ1n) is 3.34. The molecule has 3 heteroatoms. The molecule has 56 valence electrons. The second kappa shape index (κ2) is 3.03. The Morgan fingerprint density at radius 2 is 2.40 bits per heavy atom. The molecule has 4 N–H and O–H groups in total. The zero-order valence-corrected chi connectivity index (χ0v) is 6.82. The molecule has 0 bridgehead atoms. The molecule has 1 heterocycles. The molecule has 0 aromatic carbocycles. The molecule has 1 atom stereocenters. The molecule has 1 rings (SSSR count). The minimum atomic E-state index is 0.125. The fourth-order valence-electron chi connectivity index (χ4n) is 0.818. The monoisotopic (exact) mass is 156 g/mol. The van der Waals surface area contributed by atoms with E-state index in [4.69, 9.17) is 11.5 Å². The van der Waals surface area contributed by atoms with E-state index in [2.05, 4.69) is 6.92 Å². The minimum absolute atomic E-state index is 0.125. The van der Waals surface area contributed by atoms with E-state index in [1.807, 2.05) is 11.4 Å². The first-order chi connectivity index (χ1) is 4.75. The van der Waals surface area contributed by atoms with Gasteiger partial charge in [0.25, 0.3) is 0 Å². The van der Waals surface area contributed by atoms with Crippen LogP contribution in [0, 0.1) is 0 Å². The van der Waals surface area contributed by atoms with Crippen LogP contribution in [0.5, 0.6) is 0 Å². The second-order valence-electron chi connectivity index (χ2n) is 2.25. The van der Waals surface area contributed by atoms with E-state index < -0.39 is 0 Å². The molecule has 1 aromatic rings. The molecule has 0 spiro atoms. The lowest BCUT2D eigenvalue weighted by atomic mass is 10.2. The van der Waals surface area contributed by atoms with Crippen LogP contribution in [-0.2, 0) is 0 Å². The zero-order chi connectivity index (χ0) is 7.56. The largest absolute Gasteiger partial charge is 0.398 e. The number of hydrogen-bond donors (Lipinski definition) is 2. The number of thiophene rings is 1. The number of nitrogens with two attached hydrogens (primary N) is 2. The van der Waals surface area contributed by atoms with Crippen molar-refractivity contribution < 1.29 is 0 Å². The van der Waals surface area contributed by atoms with Crippen molar-refractivity contribution in [3.63, 3.8) is 0 Å². The second-order valence-corrected chi connectivity index (χ2v) is 3.20. The van der Waals surface area contributed by atoms with Gasteiger partial charge in [-0.15, -0.1) is 11.3 Å². The predicted molar refractivity (Wildman–Crippen MR) is 46.0 cm³/mol. The van der Waals surface area contributed by atoms with Gasteiger partial charge in [-0.3, -0.25) is 0 Å². The maximum Gasteiger partial charge on any atom is 0.0471 e. The normalized spacial score (nSPS) is 13.4. The summed E-state index contributed by atoms with van der Waals surface area (Å²) >= 11 is 1.63. The predicted octanol–water partition coefficient (Wildman–Crippen LogP) is 1.74. The van der Waals surface area contributed by atoms with Gasteiger partial charge in [0.15, 0.2) is 0 Å². The lowest BCUT2D eigenvalue weighted by Gasteiger charge is -2.05. The topological polar surface area (TPSA) is 52.0 Å². The Labute approximate surface area is 64.8 Å². The molecular formula is C7H12N2S. The van der Waals surface area contributed by atoms with Crippen molar-refractivity contribution in [3.8, 4) is 0 Å². The average Bonchev–Trinajstić information content (AvgIpc) is 2.34. The highest BCUT2D eigenvalue weighted by atomic mass is 32.1. The molecule has 0 amide bonds. The van der Waals surface area contributed by atoms with Gasteiger partial charge >= 0.3 is 0 Å². The third kappa shape index (κ3) is 1.30. The van der Waals surface area contributed by atoms with Crippen LogP contribution in [0.4, 0.5) is 5.69 Å². The summed E-state index contributed by atoms with van der Waals surface area (Å²) in [7, 11) is 0. The smallest absolute Gasteiger partial charge is 0.0471 e. The van der Waals surface area contributed by atoms with Crippen LogP contribution >= 0.6 is 11.3 Å². The van der Waals surface area contributed by atoms with E-state index in [1.165, 1.54) is 0 Å². The Morgan fingerprint density at radius 1 is 1.70 bits per heavy atom. The molecule has 0 aliphatic rings. The van der Waals surface area contributed by atoms with Gasteiger partial charge in [0.05, 0.1) is 0 Å². The van der Waals surface area contributed by atoms with Crippen LogP contribution in [0.2, 0.25) is 0 Å². The van der Waals surface area contributed by atoms with Gasteiger partial charge in [0.1, 0.15) is 0 Å². The fourth-order valence-corrected chi connectivity index (χ4v) is 1.72. The summed E-state index contributed by atoms with van der Waals surface area (Å²) in [4.78, 5) is 1.11. The Bertz CT molecular complexity index is 207. The van der Waals surface area contributed by atoms with Gasteiger partial charge in [0, 0.05) is 16.6 Å². The van der Waals surface area contributed by atoms with Crippen molar-refractivity contribution >= 4 is 17.0 Å². The molecule has 0 saturated carbocycles. The number of anilines is 1. The third-order valence-corrected chi connectivity index (χ3v) is 2.57. The molecule has 0 unspecified atom stereocenters. The van der Waals surface area contributed by atoms with Gasteiger partial charge in [-0.25, -0.2) is 0 Å². The Morgan fingerprint density at radius 3 is 2.80 bits per heavy atom. The molecule has 0 aliphatic heterocycles. The summed E-state index contributed by atoms with van der Waals surface area (Å²) in [5.41, 5.74) is 12.3. The highest BCUT2D eigenvalue weighted by molar-refractivity contribution is 7.10. The van der Waals surface area contributed by atoms with Crippen molar-refractivity contribution in [2.24, 2.45) is 5.73 Å². The molecular weight excluding hydrogens is 144 g/mol. The first-order valence-corrected chi connectivity index (χ1v) is 4.22. The van der Waals surface area contributed by atoms with E-state index in [0.717, 1.165) is 17.0 Å². The van der Waals surface area contributed by atoms with Crippen LogP contribution in [0.15, 0.2) is 11.4 Å². The molecule has 10 heavy (non-hydrogen) atoms. The minimum Gasteiger partial charge on any atom is -0.398 e. The van der Waals surface area contributed by atoms with Crippen LogP contribution in [0.1, 0.15) is 24.3 Å². The quantitative estimate of drug-likeness (QED) is 0.685. The summed E-state index contributed by atoms with van der Waals surface area (Å²) in [5.74, 6) is 0. The highest BCUT2D eigenvalue weighted by Crippen LogP contribution is 2.26.